The van der Waals surface area contributed by atoms with E-state index in [2.05, 4.69) is 0 Å². The second kappa shape index (κ2) is 5.23. The second-order valence-corrected chi connectivity index (χ2v) is 2.11. The SMILES string of the molecule is CC(C)[C@H](N)C(=O)O.[H-].[Na+]. The molecule has 0 rings (SSSR count). The van der Waals surface area contributed by atoms with E-state index in [0.29, 0.717) is 0 Å². The van der Waals surface area contributed by atoms with Crippen molar-refractivity contribution in [3.05, 3.63) is 0 Å². The molecule has 3 nitrogen and oxygen atoms in total. The van der Waals surface area contributed by atoms with Crippen molar-refractivity contribution in [3.63, 3.8) is 0 Å². The van der Waals surface area contributed by atoms with E-state index >= 15 is 0 Å². The Hall–Kier alpha value is 0.430. The Kier molecular flexibility index (Phi) is 7.06. The van der Waals surface area contributed by atoms with Gasteiger partial charge in [0.15, 0.2) is 0 Å². The maximum Gasteiger partial charge on any atom is 1.00 e. The van der Waals surface area contributed by atoms with E-state index < -0.39 is 12.0 Å². The molecule has 0 saturated heterocycles. The van der Waals surface area contributed by atoms with Crippen LogP contribution in [0.4, 0.5) is 0 Å². The molecule has 0 fully saturated rings. The fourth-order valence-corrected chi connectivity index (χ4v) is 0.285. The average molecular weight is 141 g/mol. The van der Waals surface area contributed by atoms with Gasteiger partial charge in [-0.3, -0.25) is 4.79 Å². The standard InChI is InChI=1S/C5H11NO2.Na.H/c1-3(2)4(6)5(7)8;;/h3-4H,6H2,1-2H3,(H,7,8);;/q;+1;-1/t4-;;/m0../s1. The van der Waals surface area contributed by atoms with E-state index in [1.54, 1.807) is 13.8 Å². The van der Waals surface area contributed by atoms with Crippen LogP contribution in [0.1, 0.15) is 15.3 Å². The molecule has 0 aromatic carbocycles. The third-order valence-corrected chi connectivity index (χ3v) is 1.00. The third kappa shape index (κ3) is 4.90. The predicted octanol–water partition coefficient (Wildman–Crippen LogP) is -2.83. The van der Waals surface area contributed by atoms with Gasteiger partial charge in [-0.2, -0.15) is 0 Å². The molecule has 0 bridgehead atoms. The van der Waals surface area contributed by atoms with E-state index in [4.69, 9.17) is 10.8 Å². The molecule has 0 unspecified atom stereocenters. The zero-order valence-corrected chi connectivity index (χ0v) is 8.09. The number of hydrogen-bond donors (Lipinski definition) is 2. The van der Waals surface area contributed by atoms with E-state index in [9.17, 15) is 4.79 Å². The first-order valence-electron chi connectivity index (χ1n) is 2.54. The van der Waals surface area contributed by atoms with Crippen LogP contribution in [-0.4, -0.2) is 17.1 Å². The van der Waals surface area contributed by atoms with Gasteiger partial charge in [-0.15, -0.1) is 0 Å². The zero-order chi connectivity index (χ0) is 6.73. The van der Waals surface area contributed by atoms with Gasteiger partial charge in [-0.25, -0.2) is 0 Å². The average Bonchev–Trinajstić information content (AvgIpc) is 1.64. The van der Waals surface area contributed by atoms with Crippen LogP contribution < -0.4 is 35.3 Å². The molecule has 0 amide bonds. The minimum absolute atomic E-state index is 0. The predicted molar refractivity (Wildman–Crippen MR) is 31.6 cm³/mol. The summed E-state index contributed by atoms with van der Waals surface area (Å²) in [5.74, 6) is -0.910. The number of carboxylic acids is 1. The monoisotopic (exact) mass is 141 g/mol. The maximum absolute atomic E-state index is 10.0. The summed E-state index contributed by atoms with van der Waals surface area (Å²) in [6.07, 6.45) is 0. The summed E-state index contributed by atoms with van der Waals surface area (Å²) in [5, 5.41) is 8.23. The number of aliphatic carboxylic acids is 1. The number of carbonyl (C=O) groups is 1. The fraction of sp³-hybridized carbons (Fsp3) is 0.800. The molecule has 0 aromatic rings. The van der Waals surface area contributed by atoms with Gasteiger partial charge in [0, 0.05) is 0 Å². The first kappa shape index (κ1) is 12.1. The Morgan fingerprint density at radius 3 is 2.00 bits per heavy atom. The fourth-order valence-electron chi connectivity index (χ4n) is 0.285. The van der Waals surface area contributed by atoms with Crippen LogP contribution in [0.3, 0.4) is 0 Å². The van der Waals surface area contributed by atoms with Crippen LogP contribution in [0.2, 0.25) is 0 Å². The van der Waals surface area contributed by atoms with Gasteiger partial charge in [0.25, 0.3) is 0 Å². The number of rotatable bonds is 2. The maximum atomic E-state index is 10.0. The van der Waals surface area contributed by atoms with Gasteiger partial charge in [0.1, 0.15) is 6.04 Å². The summed E-state index contributed by atoms with van der Waals surface area (Å²) in [6, 6.07) is -0.713. The first-order valence-corrected chi connectivity index (χ1v) is 2.54. The van der Waals surface area contributed by atoms with E-state index in [1.165, 1.54) is 0 Å². The van der Waals surface area contributed by atoms with Crippen LogP contribution in [-0.2, 0) is 4.79 Å². The normalized spacial score (nSPS) is 12.4. The summed E-state index contributed by atoms with van der Waals surface area (Å²) in [4.78, 5) is 10.0. The van der Waals surface area contributed by atoms with Crippen molar-refractivity contribution < 1.29 is 40.9 Å². The quantitative estimate of drug-likeness (QED) is 0.407. The van der Waals surface area contributed by atoms with Crippen molar-refractivity contribution in [1.82, 2.24) is 0 Å². The minimum Gasteiger partial charge on any atom is -1.00 e. The molecule has 9 heavy (non-hydrogen) atoms. The van der Waals surface area contributed by atoms with Crippen LogP contribution in [0.25, 0.3) is 0 Å². The molecule has 0 heterocycles. The first-order chi connectivity index (χ1) is 3.55. The van der Waals surface area contributed by atoms with Crippen LogP contribution in [0.15, 0.2) is 0 Å². The third-order valence-electron chi connectivity index (χ3n) is 1.00. The molecule has 0 aliphatic heterocycles. The number of nitrogens with two attached hydrogens (primary N) is 1. The van der Waals surface area contributed by atoms with E-state index in [-0.39, 0.29) is 36.9 Å². The molecule has 1 atom stereocenters. The molecule has 0 radical (unpaired) electrons. The van der Waals surface area contributed by atoms with Crippen molar-refractivity contribution >= 4 is 5.97 Å². The zero-order valence-electron chi connectivity index (χ0n) is 7.09. The molecule has 0 spiro atoms. The van der Waals surface area contributed by atoms with Gasteiger partial charge >= 0.3 is 35.5 Å². The second-order valence-electron chi connectivity index (χ2n) is 2.11. The Morgan fingerprint density at radius 1 is 1.67 bits per heavy atom. The van der Waals surface area contributed by atoms with Crippen LogP contribution in [0.5, 0.6) is 0 Å². The summed E-state index contributed by atoms with van der Waals surface area (Å²) in [7, 11) is 0. The Labute approximate surface area is 78.4 Å². The molecule has 0 saturated carbocycles. The smallest absolute Gasteiger partial charge is 1.00 e. The van der Waals surface area contributed by atoms with Crippen molar-refractivity contribution in [2.75, 3.05) is 0 Å². The molecular weight excluding hydrogens is 129 g/mol. The van der Waals surface area contributed by atoms with Gasteiger partial charge in [-0.1, -0.05) is 13.8 Å². The van der Waals surface area contributed by atoms with Crippen molar-refractivity contribution in [2.45, 2.75) is 19.9 Å². The van der Waals surface area contributed by atoms with Crippen molar-refractivity contribution in [1.29, 1.82) is 0 Å². The molecular formula is C5H12NNaO2. The summed E-state index contributed by atoms with van der Waals surface area (Å²) in [5.41, 5.74) is 5.16. The Bertz CT molecular complexity index is 99.6. The largest absolute Gasteiger partial charge is 1.00 e. The topological polar surface area (TPSA) is 63.3 Å². The molecule has 0 aromatic heterocycles. The molecule has 0 aliphatic rings. The van der Waals surface area contributed by atoms with Gasteiger partial charge in [0.2, 0.25) is 0 Å². The van der Waals surface area contributed by atoms with E-state index in [1.807, 2.05) is 0 Å². The van der Waals surface area contributed by atoms with Crippen molar-refractivity contribution in [3.8, 4) is 0 Å². The minimum atomic E-state index is -0.931. The van der Waals surface area contributed by atoms with Crippen molar-refractivity contribution in [2.24, 2.45) is 11.7 Å². The molecule has 4 heteroatoms. The number of carboxylic acid groups (broad SMARTS) is 1. The number of hydrogen-bond acceptors (Lipinski definition) is 2. The van der Waals surface area contributed by atoms with Crippen LogP contribution in [0, 0.1) is 5.92 Å². The van der Waals surface area contributed by atoms with Crippen LogP contribution >= 0.6 is 0 Å². The van der Waals surface area contributed by atoms with Gasteiger partial charge in [0.05, 0.1) is 0 Å². The molecule has 50 valence electrons. The Balaban J connectivity index is -0.000000245. The Morgan fingerprint density at radius 2 is 2.00 bits per heavy atom. The molecule has 3 N–H and O–H groups in total. The van der Waals surface area contributed by atoms with Gasteiger partial charge in [-0.05, 0) is 5.92 Å². The van der Waals surface area contributed by atoms with Gasteiger partial charge < -0.3 is 12.3 Å². The summed E-state index contributed by atoms with van der Waals surface area (Å²) >= 11 is 0. The summed E-state index contributed by atoms with van der Waals surface area (Å²) in [6.45, 7) is 3.55. The molecule has 0 aliphatic carbocycles. The van der Waals surface area contributed by atoms with E-state index in [0.717, 1.165) is 0 Å². The summed E-state index contributed by atoms with van der Waals surface area (Å²) < 4.78 is 0.